The van der Waals surface area contributed by atoms with Crippen LogP contribution < -0.4 is 5.32 Å². The molecule has 0 unspecified atom stereocenters. The molecule has 1 aromatic carbocycles. The van der Waals surface area contributed by atoms with Crippen molar-refractivity contribution in [3.63, 3.8) is 0 Å². The number of furan rings is 1. The Balaban J connectivity index is 1.74. The largest absolute Gasteiger partial charge is 0.451 e. The van der Waals surface area contributed by atoms with E-state index in [-0.39, 0.29) is 5.91 Å². The standard InChI is InChI=1S/C15H14N2O2S/c1-9-14(20-10(2)17-9)8-16-15(18)13-7-11-5-3-4-6-12(11)19-13/h3-7H,8H2,1-2H3,(H,16,18). The third kappa shape index (κ3) is 2.44. The summed E-state index contributed by atoms with van der Waals surface area (Å²) < 4.78 is 5.53. The molecule has 0 radical (unpaired) electrons. The van der Waals surface area contributed by atoms with Crippen molar-refractivity contribution in [1.29, 1.82) is 0 Å². The van der Waals surface area contributed by atoms with Crippen molar-refractivity contribution in [2.45, 2.75) is 20.4 Å². The lowest BCUT2D eigenvalue weighted by Gasteiger charge is -2.01. The van der Waals surface area contributed by atoms with E-state index in [0.29, 0.717) is 12.3 Å². The van der Waals surface area contributed by atoms with E-state index in [2.05, 4.69) is 10.3 Å². The van der Waals surface area contributed by atoms with Gasteiger partial charge in [-0.3, -0.25) is 4.79 Å². The summed E-state index contributed by atoms with van der Waals surface area (Å²) >= 11 is 1.60. The van der Waals surface area contributed by atoms with E-state index in [1.807, 2.05) is 38.1 Å². The zero-order valence-corrected chi connectivity index (χ0v) is 12.1. The summed E-state index contributed by atoms with van der Waals surface area (Å²) in [6.45, 7) is 4.39. The number of hydrogen-bond donors (Lipinski definition) is 1. The number of carbonyl (C=O) groups is 1. The Morgan fingerprint density at radius 2 is 2.15 bits per heavy atom. The zero-order chi connectivity index (χ0) is 14.1. The number of nitrogens with zero attached hydrogens (tertiary/aromatic N) is 1. The number of para-hydroxylation sites is 1. The molecule has 2 heterocycles. The Bertz CT molecular complexity index is 740. The summed E-state index contributed by atoms with van der Waals surface area (Å²) in [5.41, 5.74) is 1.69. The number of thiazole rings is 1. The molecule has 0 saturated heterocycles. The van der Waals surface area contributed by atoms with Crippen LogP contribution in [-0.2, 0) is 6.54 Å². The second kappa shape index (κ2) is 5.09. The maximum Gasteiger partial charge on any atom is 0.287 e. The maximum absolute atomic E-state index is 12.1. The molecule has 0 spiro atoms. The number of fused-ring (bicyclic) bond motifs is 1. The van der Waals surface area contributed by atoms with Crippen LogP contribution in [0.25, 0.3) is 11.0 Å². The van der Waals surface area contributed by atoms with E-state index in [1.54, 1.807) is 17.4 Å². The quantitative estimate of drug-likeness (QED) is 0.802. The van der Waals surface area contributed by atoms with Crippen molar-refractivity contribution in [3.05, 3.63) is 51.7 Å². The zero-order valence-electron chi connectivity index (χ0n) is 11.3. The van der Waals surface area contributed by atoms with Crippen molar-refractivity contribution < 1.29 is 9.21 Å². The van der Waals surface area contributed by atoms with Crippen LogP contribution in [0.2, 0.25) is 0 Å². The lowest BCUT2D eigenvalue weighted by atomic mass is 10.2. The molecule has 3 aromatic rings. The number of carbonyl (C=O) groups excluding carboxylic acids is 1. The molecular formula is C15H14N2O2S. The van der Waals surface area contributed by atoms with Gasteiger partial charge in [-0.2, -0.15) is 0 Å². The normalized spacial score (nSPS) is 10.9. The Hall–Kier alpha value is -2.14. The molecule has 0 aliphatic carbocycles. The molecule has 0 aliphatic rings. The van der Waals surface area contributed by atoms with E-state index in [1.165, 1.54) is 0 Å². The molecule has 1 N–H and O–H groups in total. The van der Waals surface area contributed by atoms with E-state index >= 15 is 0 Å². The summed E-state index contributed by atoms with van der Waals surface area (Å²) in [7, 11) is 0. The second-order valence-corrected chi connectivity index (χ2v) is 5.86. The van der Waals surface area contributed by atoms with E-state index in [0.717, 1.165) is 26.5 Å². The number of aryl methyl sites for hydroxylation is 2. The molecule has 1 amide bonds. The fourth-order valence-electron chi connectivity index (χ4n) is 2.08. The van der Waals surface area contributed by atoms with Crippen molar-refractivity contribution >= 4 is 28.2 Å². The van der Waals surface area contributed by atoms with E-state index in [9.17, 15) is 4.79 Å². The van der Waals surface area contributed by atoms with Crippen LogP contribution in [0.15, 0.2) is 34.7 Å². The first-order valence-corrected chi connectivity index (χ1v) is 7.15. The SMILES string of the molecule is Cc1nc(C)c(CNC(=O)c2cc3ccccc3o2)s1. The fourth-order valence-corrected chi connectivity index (χ4v) is 2.96. The topological polar surface area (TPSA) is 55.1 Å². The highest BCUT2D eigenvalue weighted by atomic mass is 32.1. The Morgan fingerprint density at radius 1 is 1.35 bits per heavy atom. The molecule has 2 aromatic heterocycles. The minimum absolute atomic E-state index is 0.202. The molecule has 0 saturated carbocycles. The van der Waals surface area contributed by atoms with E-state index in [4.69, 9.17) is 4.42 Å². The maximum atomic E-state index is 12.1. The highest BCUT2D eigenvalue weighted by Crippen LogP contribution is 2.20. The molecule has 5 heteroatoms. The van der Waals surface area contributed by atoms with Crippen LogP contribution >= 0.6 is 11.3 Å². The van der Waals surface area contributed by atoms with Crippen LogP contribution in [0.3, 0.4) is 0 Å². The molecule has 0 fully saturated rings. The molecule has 0 aliphatic heterocycles. The van der Waals surface area contributed by atoms with Crippen LogP contribution in [-0.4, -0.2) is 10.9 Å². The number of benzene rings is 1. The van der Waals surface area contributed by atoms with Crippen molar-refractivity contribution in [1.82, 2.24) is 10.3 Å². The van der Waals surface area contributed by atoms with Gasteiger partial charge in [0.25, 0.3) is 5.91 Å². The van der Waals surface area contributed by atoms with Gasteiger partial charge in [0.05, 0.1) is 17.2 Å². The first kappa shape index (κ1) is 12.9. The van der Waals surface area contributed by atoms with Gasteiger partial charge < -0.3 is 9.73 Å². The third-order valence-electron chi connectivity index (χ3n) is 3.06. The van der Waals surface area contributed by atoms with Gasteiger partial charge in [0, 0.05) is 10.3 Å². The van der Waals surface area contributed by atoms with Gasteiger partial charge in [-0.25, -0.2) is 4.98 Å². The molecule has 3 rings (SSSR count). The monoisotopic (exact) mass is 286 g/mol. The highest BCUT2D eigenvalue weighted by molar-refractivity contribution is 7.11. The van der Waals surface area contributed by atoms with Crippen LogP contribution in [0.4, 0.5) is 0 Å². The summed E-state index contributed by atoms with van der Waals surface area (Å²) in [4.78, 5) is 17.5. The van der Waals surface area contributed by atoms with Gasteiger partial charge >= 0.3 is 0 Å². The smallest absolute Gasteiger partial charge is 0.287 e. The second-order valence-electron chi connectivity index (χ2n) is 4.57. The minimum Gasteiger partial charge on any atom is -0.451 e. The van der Waals surface area contributed by atoms with E-state index < -0.39 is 0 Å². The van der Waals surface area contributed by atoms with Gasteiger partial charge in [0.2, 0.25) is 0 Å². The number of hydrogen-bond acceptors (Lipinski definition) is 4. The highest BCUT2D eigenvalue weighted by Gasteiger charge is 2.13. The number of nitrogens with one attached hydrogen (secondary N) is 1. The Kier molecular flexibility index (Phi) is 3.28. The third-order valence-corrected chi connectivity index (χ3v) is 4.13. The van der Waals surface area contributed by atoms with Crippen LogP contribution in [0.1, 0.15) is 26.1 Å². The van der Waals surface area contributed by atoms with Crippen molar-refractivity contribution in [3.8, 4) is 0 Å². The van der Waals surface area contributed by atoms with Gasteiger partial charge in [-0.1, -0.05) is 18.2 Å². The number of aromatic nitrogens is 1. The Morgan fingerprint density at radius 3 is 2.85 bits per heavy atom. The molecule has 20 heavy (non-hydrogen) atoms. The average molecular weight is 286 g/mol. The predicted octanol–water partition coefficient (Wildman–Crippen LogP) is 3.44. The van der Waals surface area contributed by atoms with Crippen LogP contribution in [0.5, 0.6) is 0 Å². The number of rotatable bonds is 3. The average Bonchev–Trinajstić information content (AvgIpc) is 2.99. The first-order chi connectivity index (χ1) is 9.63. The summed E-state index contributed by atoms with van der Waals surface area (Å²) in [6, 6.07) is 9.34. The number of amides is 1. The summed E-state index contributed by atoms with van der Waals surface area (Å²) in [6.07, 6.45) is 0. The van der Waals surface area contributed by atoms with Gasteiger partial charge in [0.1, 0.15) is 5.58 Å². The van der Waals surface area contributed by atoms with Crippen molar-refractivity contribution in [2.75, 3.05) is 0 Å². The fraction of sp³-hybridized carbons (Fsp3) is 0.200. The first-order valence-electron chi connectivity index (χ1n) is 6.33. The van der Waals surface area contributed by atoms with Gasteiger partial charge in [0.15, 0.2) is 5.76 Å². The molecule has 0 atom stereocenters. The van der Waals surface area contributed by atoms with Crippen LogP contribution in [0, 0.1) is 13.8 Å². The molecule has 102 valence electrons. The van der Waals surface area contributed by atoms with Gasteiger partial charge in [-0.05, 0) is 26.0 Å². The predicted molar refractivity (Wildman–Crippen MR) is 79.0 cm³/mol. The van der Waals surface area contributed by atoms with Crippen molar-refractivity contribution in [2.24, 2.45) is 0 Å². The molecule has 4 nitrogen and oxygen atoms in total. The lowest BCUT2D eigenvalue weighted by molar-refractivity contribution is 0.0925. The minimum atomic E-state index is -0.202. The summed E-state index contributed by atoms with van der Waals surface area (Å²) in [5.74, 6) is 0.136. The molecular weight excluding hydrogens is 272 g/mol. The lowest BCUT2D eigenvalue weighted by Crippen LogP contribution is -2.22. The summed E-state index contributed by atoms with van der Waals surface area (Å²) in [5, 5.41) is 4.81. The van der Waals surface area contributed by atoms with Gasteiger partial charge in [-0.15, -0.1) is 11.3 Å². The molecule has 0 bridgehead atoms. The Labute approximate surface area is 120 Å².